The maximum Gasteiger partial charge on any atom is 0.356 e. The molecule has 2 fully saturated rings. The van der Waals surface area contributed by atoms with Gasteiger partial charge in [-0.05, 0) is 25.7 Å². The molecule has 2 atom stereocenters. The number of thioether (sulfide) groups is 1. The number of nitrogens with one attached hydrogen (secondary N) is 1. The predicted molar refractivity (Wildman–Crippen MR) is 138 cm³/mol. The Bertz CT molecular complexity index is 1300. The lowest BCUT2D eigenvalue weighted by Crippen LogP contribution is -2.73. The van der Waals surface area contributed by atoms with Gasteiger partial charge >= 0.3 is 5.97 Å². The summed E-state index contributed by atoms with van der Waals surface area (Å²) in [5, 5.41) is 18.5. The van der Waals surface area contributed by atoms with Gasteiger partial charge in [-0.1, -0.05) is 5.16 Å². The van der Waals surface area contributed by atoms with Crippen LogP contribution in [0.1, 0.15) is 31.4 Å². The second-order valence-corrected chi connectivity index (χ2v) is 11.1. The highest BCUT2D eigenvalue weighted by molar-refractivity contribution is 7.99. The van der Waals surface area contributed by atoms with Crippen molar-refractivity contribution < 1.29 is 33.6 Å². The first kappa shape index (κ1) is 26.0. The van der Waals surface area contributed by atoms with Crippen molar-refractivity contribution in [1.29, 1.82) is 0 Å². The van der Waals surface area contributed by atoms with Crippen LogP contribution >= 0.6 is 23.1 Å². The van der Waals surface area contributed by atoms with Crippen LogP contribution in [-0.2, 0) is 31.0 Å². The summed E-state index contributed by atoms with van der Waals surface area (Å²) in [4.78, 5) is 50.2. The van der Waals surface area contributed by atoms with Crippen molar-refractivity contribution in [2.24, 2.45) is 12.2 Å². The van der Waals surface area contributed by atoms with E-state index in [1.165, 1.54) is 16.7 Å². The Balaban J connectivity index is 1.29. The molecule has 14 heteroatoms. The van der Waals surface area contributed by atoms with Gasteiger partial charge in [0.2, 0.25) is 0 Å². The average Bonchev–Trinajstić information content (AvgIpc) is 3.58. The van der Waals surface area contributed by atoms with Crippen molar-refractivity contribution in [2.75, 3.05) is 18.1 Å². The molecule has 38 heavy (non-hydrogen) atoms. The highest BCUT2D eigenvalue weighted by Gasteiger charge is 2.55. The zero-order valence-electron chi connectivity index (χ0n) is 20.5. The molecule has 0 radical (unpaired) electrons. The van der Waals surface area contributed by atoms with E-state index in [9.17, 15) is 19.5 Å². The molecule has 0 spiro atoms. The van der Waals surface area contributed by atoms with Crippen molar-refractivity contribution in [3.63, 3.8) is 0 Å². The Hall–Kier alpha value is -3.65. The third-order valence-corrected chi connectivity index (χ3v) is 8.22. The summed E-state index contributed by atoms with van der Waals surface area (Å²) in [6.07, 6.45) is 7.44. The van der Waals surface area contributed by atoms with Gasteiger partial charge in [0, 0.05) is 22.4 Å². The Morgan fingerprint density at radius 1 is 1.37 bits per heavy atom. The van der Waals surface area contributed by atoms with Crippen LogP contribution in [0.2, 0.25) is 0 Å². The van der Waals surface area contributed by atoms with Gasteiger partial charge in [-0.2, -0.15) is 0 Å². The fourth-order valence-electron chi connectivity index (χ4n) is 4.53. The molecule has 0 bridgehead atoms. The zero-order chi connectivity index (χ0) is 26.8. The third kappa shape index (κ3) is 5.31. The first-order valence-electron chi connectivity index (χ1n) is 12.1. The number of thiazole rings is 1. The van der Waals surface area contributed by atoms with E-state index in [4.69, 9.17) is 15.3 Å². The number of carboxylic acids is 1. The number of amides is 2. The van der Waals surface area contributed by atoms with Crippen LogP contribution in [0.25, 0.3) is 0 Å². The highest BCUT2D eigenvalue weighted by atomic mass is 32.2. The number of hydrogen-bond acceptors (Lipinski definition) is 10. The van der Waals surface area contributed by atoms with Crippen molar-refractivity contribution in [3.05, 3.63) is 47.1 Å². The molecular formula is C24H27N6O6S2+. The first-order valence-corrected chi connectivity index (χ1v) is 13.9. The van der Waals surface area contributed by atoms with Crippen LogP contribution in [-0.4, -0.2) is 69.0 Å². The number of carboxylic acid groups (broad SMARTS) is 1. The number of nitrogens with two attached hydrogens (primary N) is 1. The summed E-state index contributed by atoms with van der Waals surface area (Å²) < 4.78 is 7.69. The van der Waals surface area contributed by atoms with E-state index in [0.29, 0.717) is 0 Å². The van der Waals surface area contributed by atoms with Crippen molar-refractivity contribution >= 4 is 51.7 Å². The predicted octanol–water partition coefficient (Wildman–Crippen LogP) is 1.03. The summed E-state index contributed by atoms with van der Waals surface area (Å²) in [6.45, 7) is 0.0435. The molecule has 1 saturated heterocycles. The Morgan fingerprint density at radius 2 is 2.11 bits per heavy atom. The van der Waals surface area contributed by atoms with Crippen LogP contribution in [0.5, 0.6) is 0 Å². The molecule has 2 aromatic rings. The number of aromatic nitrogens is 2. The molecule has 3 aliphatic rings. The van der Waals surface area contributed by atoms with Crippen molar-refractivity contribution in [3.8, 4) is 0 Å². The van der Waals surface area contributed by atoms with Crippen LogP contribution < -0.4 is 15.6 Å². The molecule has 5 rings (SSSR count). The second-order valence-electron chi connectivity index (χ2n) is 9.13. The number of fused-ring (bicyclic) bond motifs is 1. The molecular weight excluding hydrogens is 532 g/mol. The minimum Gasteiger partial charge on any atom is -0.492 e. The van der Waals surface area contributed by atoms with E-state index in [0.717, 1.165) is 41.9 Å². The quantitative estimate of drug-likeness (QED) is 0.134. The monoisotopic (exact) mass is 559 g/mol. The van der Waals surface area contributed by atoms with E-state index >= 15 is 0 Å². The highest BCUT2D eigenvalue weighted by Crippen LogP contribution is 2.35. The van der Waals surface area contributed by atoms with Crippen molar-refractivity contribution in [2.45, 2.75) is 48.8 Å². The summed E-state index contributed by atoms with van der Waals surface area (Å²) in [5.41, 5.74) is 5.69. The van der Waals surface area contributed by atoms with Crippen LogP contribution in [0.4, 0.5) is 5.13 Å². The number of nitrogens with zero attached hydrogens (tertiary/aromatic N) is 4. The van der Waals surface area contributed by atoms with Gasteiger partial charge in [0.05, 0.1) is 5.75 Å². The fraction of sp³-hybridized carbons (Fsp3) is 0.417. The van der Waals surface area contributed by atoms with E-state index in [1.54, 1.807) is 5.38 Å². The number of nitrogen functional groups attached to an aromatic ring is 1. The number of hydrogen-bond donors (Lipinski definition) is 3. The van der Waals surface area contributed by atoms with Gasteiger partial charge in [-0.3, -0.25) is 14.5 Å². The zero-order valence-corrected chi connectivity index (χ0v) is 22.2. The number of aryl methyl sites for hydroxylation is 1. The molecule has 12 nitrogen and oxygen atoms in total. The number of oxime groups is 1. The molecule has 2 aromatic heterocycles. The number of β-lactam (4-membered cyclic amide) rings is 1. The van der Waals surface area contributed by atoms with Crippen molar-refractivity contribution in [1.82, 2.24) is 15.2 Å². The number of ether oxygens (including phenoxy) is 1. The van der Waals surface area contributed by atoms with E-state index in [1.807, 2.05) is 36.1 Å². The molecule has 4 heterocycles. The molecule has 200 valence electrons. The smallest absolute Gasteiger partial charge is 0.356 e. The first-order chi connectivity index (χ1) is 18.3. The summed E-state index contributed by atoms with van der Waals surface area (Å²) in [5.74, 6) is -2.02. The number of rotatable bonds is 9. The topological polar surface area (TPSA) is 160 Å². The molecule has 2 amide bonds. The number of pyridine rings is 1. The maximum atomic E-state index is 13.2. The van der Waals surface area contributed by atoms with Crippen LogP contribution in [0.15, 0.2) is 51.4 Å². The van der Waals surface area contributed by atoms with Gasteiger partial charge in [0.25, 0.3) is 11.8 Å². The van der Waals surface area contributed by atoms with E-state index in [2.05, 4.69) is 15.5 Å². The van der Waals surface area contributed by atoms with E-state index in [-0.39, 0.29) is 46.5 Å². The van der Waals surface area contributed by atoms with Gasteiger partial charge < -0.3 is 25.7 Å². The number of carbonyl (C=O) groups is 3. The van der Waals surface area contributed by atoms with Gasteiger partial charge in [0.15, 0.2) is 28.9 Å². The lowest BCUT2D eigenvalue weighted by Gasteiger charge is -2.49. The fourth-order valence-corrected chi connectivity index (χ4v) is 5.91. The maximum absolute atomic E-state index is 13.2. The molecule has 2 unspecified atom stereocenters. The standard InChI is InChI=1S/C24H26N6O6S2/c1-29-8-6-14(7-9-29)37-12-17-20(23(33)34)30-16(10-35-17)19(22(30)32)27-21(31)18(15-11-38-24(25)26-15)28-36-13-4-2-3-5-13/h6-9,11,13,16,19H,2-5,10,12H2,1H3,(H3-,25,26,27,31,33,34)/p+1/b28-18-. The molecule has 1 aliphatic carbocycles. The average molecular weight is 560 g/mol. The second kappa shape index (κ2) is 11.0. The Morgan fingerprint density at radius 3 is 2.76 bits per heavy atom. The summed E-state index contributed by atoms with van der Waals surface area (Å²) >= 11 is 2.56. The Labute approximate surface area is 226 Å². The SMILES string of the molecule is C[n+]1ccc(SCC2=C(C(=O)O)N3C(=O)C(NC(=O)/C(=N\OC4CCCC4)c4csc(N)n4)C3CO2)cc1. The minimum absolute atomic E-state index is 0.0435. The van der Waals surface area contributed by atoms with Gasteiger partial charge in [0.1, 0.15) is 43.3 Å². The van der Waals surface area contributed by atoms with Crippen LogP contribution in [0, 0.1) is 0 Å². The van der Waals surface area contributed by atoms with E-state index < -0.39 is 29.9 Å². The Kier molecular flexibility index (Phi) is 7.51. The minimum atomic E-state index is -1.27. The molecule has 0 aromatic carbocycles. The molecule has 2 aliphatic heterocycles. The number of anilines is 1. The number of aliphatic carboxylic acids is 1. The molecule has 4 N–H and O–H groups in total. The lowest BCUT2D eigenvalue weighted by atomic mass is 9.92. The van der Waals surface area contributed by atoms with Crippen LogP contribution in [0.3, 0.4) is 0 Å². The third-order valence-electron chi connectivity index (χ3n) is 6.54. The summed E-state index contributed by atoms with van der Waals surface area (Å²) in [6, 6.07) is 2.17. The molecule has 1 saturated carbocycles. The normalized spacial score (nSPS) is 21.6. The largest absolute Gasteiger partial charge is 0.492 e. The summed E-state index contributed by atoms with van der Waals surface area (Å²) in [7, 11) is 1.90. The number of carbonyl (C=O) groups excluding carboxylic acids is 2. The lowest BCUT2D eigenvalue weighted by molar-refractivity contribution is -0.671. The van der Waals surface area contributed by atoms with Gasteiger partial charge in [-0.25, -0.2) is 14.3 Å². The van der Waals surface area contributed by atoms with Gasteiger partial charge in [-0.15, -0.1) is 23.1 Å².